The molecule has 1 saturated heterocycles. The molecule has 28 heavy (non-hydrogen) atoms. The van der Waals surface area contributed by atoms with Gasteiger partial charge in [0.15, 0.2) is 5.58 Å². The van der Waals surface area contributed by atoms with Crippen LogP contribution in [0.4, 0.5) is 0 Å². The first-order valence-electron chi connectivity index (χ1n) is 9.53. The summed E-state index contributed by atoms with van der Waals surface area (Å²) >= 11 is 5.96. The van der Waals surface area contributed by atoms with Gasteiger partial charge in [0, 0.05) is 56.1 Å². The summed E-state index contributed by atoms with van der Waals surface area (Å²) in [4.78, 5) is 4.54. The van der Waals surface area contributed by atoms with E-state index in [2.05, 4.69) is 15.0 Å². The van der Waals surface area contributed by atoms with Gasteiger partial charge < -0.3 is 14.7 Å². The number of aromatic hydroxyl groups is 1. The largest absolute Gasteiger partial charge is 0.507 e. The normalized spacial score (nSPS) is 16.1. The van der Waals surface area contributed by atoms with Crippen LogP contribution in [0, 0.1) is 0 Å². The Bertz CT molecular complexity index is 934. The van der Waals surface area contributed by atoms with Crippen molar-refractivity contribution in [3.05, 3.63) is 58.2 Å². The highest BCUT2D eigenvalue weighted by Crippen LogP contribution is 2.31. The molecule has 0 spiro atoms. The molecule has 3 aromatic rings. The van der Waals surface area contributed by atoms with Crippen molar-refractivity contribution >= 4 is 22.6 Å². The lowest BCUT2D eigenvalue weighted by atomic mass is 10.0. The Balaban J connectivity index is 1.53. The molecule has 4 rings (SSSR count). The number of benzene rings is 2. The second-order valence-corrected chi connectivity index (χ2v) is 7.65. The van der Waals surface area contributed by atoms with Gasteiger partial charge in [-0.05, 0) is 29.8 Å². The number of aliphatic hydroxyl groups is 1. The van der Waals surface area contributed by atoms with E-state index in [0.29, 0.717) is 30.1 Å². The minimum absolute atomic E-state index is 0.189. The van der Waals surface area contributed by atoms with Gasteiger partial charge in [0.2, 0.25) is 0 Å². The lowest BCUT2D eigenvalue weighted by Crippen LogP contribution is -2.46. The number of phenolic OH excluding ortho intramolecular Hbond substituents is 1. The molecule has 7 heteroatoms. The molecule has 0 bridgehead atoms. The van der Waals surface area contributed by atoms with Gasteiger partial charge in [0.05, 0.1) is 17.9 Å². The maximum Gasteiger partial charge on any atom is 0.175 e. The van der Waals surface area contributed by atoms with E-state index < -0.39 is 0 Å². The Hall–Kier alpha value is -2.12. The number of piperazine rings is 1. The molecular formula is C21H24ClN3O3. The van der Waals surface area contributed by atoms with Gasteiger partial charge in [-0.15, -0.1) is 0 Å². The molecule has 6 nitrogen and oxygen atoms in total. The number of aliphatic hydroxyl groups excluding tert-OH is 1. The number of hydrogen-bond acceptors (Lipinski definition) is 6. The molecule has 0 saturated carbocycles. The number of rotatable bonds is 6. The number of hydrogen-bond donors (Lipinski definition) is 2. The highest BCUT2D eigenvalue weighted by molar-refractivity contribution is 6.30. The summed E-state index contributed by atoms with van der Waals surface area (Å²) in [6, 6.07) is 11.3. The van der Waals surface area contributed by atoms with E-state index in [-0.39, 0.29) is 12.4 Å². The maximum atomic E-state index is 10.4. The zero-order valence-electron chi connectivity index (χ0n) is 15.6. The van der Waals surface area contributed by atoms with Crippen molar-refractivity contribution in [3.8, 4) is 5.75 Å². The molecule has 0 amide bonds. The number of aromatic nitrogens is 1. The minimum Gasteiger partial charge on any atom is -0.507 e. The third kappa shape index (κ3) is 4.15. The van der Waals surface area contributed by atoms with Gasteiger partial charge in [-0.3, -0.25) is 9.80 Å². The second-order valence-electron chi connectivity index (χ2n) is 7.21. The molecule has 0 aliphatic carbocycles. The first-order chi connectivity index (χ1) is 13.6. The zero-order chi connectivity index (χ0) is 19.5. The fourth-order valence-electron chi connectivity index (χ4n) is 3.71. The van der Waals surface area contributed by atoms with Crippen LogP contribution in [-0.2, 0) is 13.0 Å². The van der Waals surface area contributed by atoms with Crippen molar-refractivity contribution in [2.45, 2.75) is 13.0 Å². The number of fused-ring (bicyclic) bond motifs is 1. The Kier molecular flexibility index (Phi) is 5.82. The maximum absolute atomic E-state index is 10.4. The predicted octanol–water partition coefficient (Wildman–Crippen LogP) is 2.89. The van der Waals surface area contributed by atoms with Crippen molar-refractivity contribution < 1.29 is 14.7 Å². The smallest absolute Gasteiger partial charge is 0.175 e. The lowest BCUT2D eigenvalue weighted by molar-refractivity contribution is 0.108. The molecule has 2 heterocycles. The van der Waals surface area contributed by atoms with Gasteiger partial charge in [0.25, 0.3) is 0 Å². The highest BCUT2D eigenvalue weighted by Gasteiger charge is 2.21. The monoisotopic (exact) mass is 401 g/mol. The van der Waals surface area contributed by atoms with Crippen LogP contribution in [-0.4, -0.2) is 64.5 Å². The molecular weight excluding hydrogens is 378 g/mol. The average Bonchev–Trinajstić information content (AvgIpc) is 3.10. The molecule has 1 aromatic heterocycles. The van der Waals surface area contributed by atoms with E-state index in [1.165, 1.54) is 0 Å². The molecule has 1 fully saturated rings. The van der Waals surface area contributed by atoms with E-state index in [1.54, 1.807) is 6.07 Å². The molecule has 1 aliphatic heterocycles. The van der Waals surface area contributed by atoms with Crippen LogP contribution in [0.5, 0.6) is 5.75 Å². The van der Waals surface area contributed by atoms with Crippen LogP contribution < -0.4 is 0 Å². The van der Waals surface area contributed by atoms with Gasteiger partial charge in [0.1, 0.15) is 5.75 Å². The average molecular weight is 402 g/mol. The van der Waals surface area contributed by atoms with Crippen molar-refractivity contribution in [1.82, 2.24) is 15.0 Å². The van der Waals surface area contributed by atoms with Gasteiger partial charge in [-0.1, -0.05) is 28.9 Å². The summed E-state index contributed by atoms with van der Waals surface area (Å²) in [6.07, 6.45) is 0.647. The summed E-state index contributed by atoms with van der Waals surface area (Å²) in [5, 5.41) is 25.4. The highest BCUT2D eigenvalue weighted by atomic mass is 35.5. The van der Waals surface area contributed by atoms with Gasteiger partial charge in [-0.2, -0.15) is 0 Å². The van der Waals surface area contributed by atoms with E-state index in [9.17, 15) is 5.11 Å². The number of nitrogens with zero attached hydrogens (tertiary/aromatic N) is 3. The zero-order valence-corrected chi connectivity index (χ0v) is 16.4. The van der Waals surface area contributed by atoms with Crippen molar-refractivity contribution in [3.63, 3.8) is 0 Å². The van der Waals surface area contributed by atoms with E-state index in [1.807, 2.05) is 30.3 Å². The van der Waals surface area contributed by atoms with Crippen LogP contribution in [0.15, 0.2) is 40.9 Å². The number of phenols is 1. The summed E-state index contributed by atoms with van der Waals surface area (Å²) in [7, 11) is 0. The number of β-amino-alcohol motifs (C(OH)–C–C–N with tert-alkyl or cyclic N) is 1. The summed E-state index contributed by atoms with van der Waals surface area (Å²) in [6.45, 7) is 5.12. The van der Waals surface area contributed by atoms with Crippen molar-refractivity contribution in [2.24, 2.45) is 0 Å². The third-order valence-electron chi connectivity index (χ3n) is 5.34. The standard InChI is InChI=1S/C21H24ClN3O3/c22-16-3-1-15(2-4-16)13-19-17-5-6-20(27)18(21(17)28-23-19)14-25-9-7-24(8-10-25)11-12-26/h1-6,26-27H,7-14H2. The first kappa shape index (κ1) is 19.2. The van der Waals surface area contributed by atoms with Crippen LogP contribution in [0.25, 0.3) is 11.0 Å². The number of halogens is 1. The van der Waals surface area contributed by atoms with Crippen molar-refractivity contribution in [2.75, 3.05) is 39.3 Å². The van der Waals surface area contributed by atoms with Crippen LogP contribution in [0.1, 0.15) is 16.8 Å². The molecule has 148 valence electrons. The summed E-state index contributed by atoms with van der Waals surface area (Å²) < 4.78 is 5.65. The molecule has 2 N–H and O–H groups in total. The predicted molar refractivity (Wildman–Crippen MR) is 109 cm³/mol. The van der Waals surface area contributed by atoms with Crippen LogP contribution in [0.3, 0.4) is 0 Å². The van der Waals surface area contributed by atoms with E-state index in [4.69, 9.17) is 21.2 Å². The van der Waals surface area contributed by atoms with Crippen LogP contribution >= 0.6 is 11.6 Å². The summed E-state index contributed by atoms with van der Waals surface area (Å²) in [5.41, 5.74) is 3.39. The molecule has 1 aliphatic rings. The van der Waals surface area contributed by atoms with Gasteiger partial charge >= 0.3 is 0 Å². The fraction of sp³-hybridized carbons (Fsp3) is 0.381. The minimum atomic E-state index is 0.189. The third-order valence-corrected chi connectivity index (χ3v) is 5.59. The molecule has 0 radical (unpaired) electrons. The molecule has 2 aromatic carbocycles. The Morgan fingerprint density at radius 2 is 1.71 bits per heavy atom. The van der Waals surface area contributed by atoms with E-state index >= 15 is 0 Å². The fourth-order valence-corrected chi connectivity index (χ4v) is 3.84. The van der Waals surface area contributed by atoms with Crippen molar-refractivity contribution in [1.29, 1.82) is 0 Å². The van der Waals surface area contributed by atoms with Crippen LogP contribution in [0.2, 0.25) is 5.02 Å². The Morgan fingerprint density at radius 1 is 1.00 bits per heavy atom. The topological polar surface area (TPSA) is 73.0 Å². The molecule has 0 atom stereocenters. The first-order valence-corrected chi connectivity index (χ1v) is 9.91. The lowest BCUT2D eigenvalue weighted by Gasteiger charge is -2.34. The van der Waals surface area contributed by atoms with E-state index in [0.717, 1.165) is 48.4 Å². The SMILES string of the molecule is OCCN1CCN(Cc2c(O)ccc3c(Cc4ccc(Cl)cc4)noc23)CC1. The Morgan fingerprint density at radius 3 is 2.43 bits per heavy atom. The molecule has 0 unspecified atom stereocenters. The Labute approximate surface area is 168 Å². The quantitative estimate of drug-likeness (QED) is 0.661. The summed E-state index contributed by atoms with van der Waals surface area (Å²) in [5.74, 6) is 0.236. The van der Waals surface area contributed by atoms with Gasteiger partial charge in [-0.25, -0.2) is 0 Å². The second kappa shape index (κ2) is 8.49.